The molecule has 0 unspecified atom stereocenters. The molecule has 5 nitrogen and oxygen atoms in total. The molecule has 3 aromatic rings. The number of benzene rings is 1. The van der Waals surface area contributed by atoms with Gasteiger partial charge >= 0.3 is 0 Å². The van der Waals surface area contributed by atoms with Crippen molar-refractivity contribution in [2.24, 2.45) is 0 Å². The Morgan fingerprint density at radius 2 is 2.11 bits per heavy atom. The highest BCUT2D eigenvalue weighted by Gasteiger charge is 2.23. The Balaban J connectivity index is 1.69. The van der Waals surface area contributed by atoms with Gasteiger partial charge in [0.1, 0.15) is 10.9 Å². The number of aromatic nitrogens is 2. The average molecular weight is 402 g/mol. The Hall–Kier alpha value is -2.18. The first-order chi connectivity index (χ1) is 13.0. The number of amides is 1. The zero-order valence-electron chi connectivity index (χ0n) is 15.2. The second-order valence-corrected chi connectivity index (χ2v) is 8.42. The van der Waals surface area contributed by atoms with Gasteiger partial charge in [-0.1, -0.05) is 17.7 Å². The van der Waals surface area contributed by atoms with Crippen LogP contribution in [0.4, 0.5) is 5.69 Å². The van der Waals surface area contributed by atoms with Crippen LogP contribution in [0.5, 0.6) is 0 Å². The zero-order chi connectivity index (χ0) is 19.1. The highest BCUT2D eigenvalue weighted by Crippen LogP contribution is 2.33. The normalized spacial score (nSPS) is 14.8. The van der Waals surface area contributed by atoms with E-state index in [-0.39, 0.29) is 11.5 Å². The highest BCUT2D eigenvalue weighted by atomic mass is 35.5. The van der Waals surface area contributed by atoms with Gasteiger partial charge in [0, 0.05) is 15.6 Å². The summed E-state index contributed by atoms with van der Waals surface area (Å²) in [4.78, 5) is 32.4. The third-order valence-electron chi connectivity index (χ3n) is 5.22. The monoisotopic (exact) mass is 401 g/mol. The van der Waals surface area contributed by atoms with Gasteiger partial charge in [-0.15, -0.1) is 11.3 Å². The van der Waals surface area contributed by atoms with E-state index in [2.05, 4.69) is 10.3 Å². The molecule has 1 aliphatic rings. The van der Waals surface area contributed by atoms with E-state index in [1.54, 1.807) is 36.5 Å². The maximum absolute atomic E-state index is 13.1. The molecule has 0 saturated heterocycles. The molecule has 0 saturated carbocycles. The smallest absolute Gasteiger partial charge is 0.263 e. The van der Waals surface area contributed by atoms with Crippen LogP contribution in [0.25, 0.3) is 10.2 Å². The molecule has 0 bridgehead atoms. The molecule has 0 aliphatic heterocycles. The molecule has 140 valence electrons. The Labute approximate surface area is 166 Å². The fourth-order valence-corrected chi connectivity index (χ4v) is 4.94. The van der Waals surface area contributed by atoms with Crippen molar-refractivity contribution < 1.29 is 4.79 Å². The van der Waals surface area contributed by atoms with Crippen molar-refractivity contribution in [1.82, 2.24) is 9.55 Å². The van der Waals surface area contributed by atoms with Gasteiger partial charge in [-0.25, -0.2) is 4.98 Å². The molecule has 0 fully saturated rings. The first-order valence-corrected chi connectivity index (χ1v) is 10.2. The molecule has 1 atom stereocenters. The Morgan fingerprint density at radius 1 is 1.33 bits per heavy atom. The number of carbonyl (C=O) groups excluding carboxylic acids is 1. The number of hydrogen-bond donors (Lipinski definition) is 1. The standard InChI is InChI=1S/C20H20ClN3O2S/c1-11-14(21)7-5-8-15(11)23-18(25)12(2)24-10-22-19-17(20(24)26)13-6-3-4-9-16(13)27-19/h5,7-8,10,12H,3-4,6,9H2,1-2H3,(H,23,25)/t12-/m1/s1. The summed E-state index contributed by atoms with van der Waals surface area (Å²) < 4.78 is 1.43. The fraction of sp³-hybridized carbons (Fsp3) is 0.350. The minimum atomic E-state index is -0.674. The van der Waals surface area contributed by atoms with Crippen molar-refractivity contribution in [3.05, 3.63) is 55.9 Å². The van der Waals surface area contributed by atoms with E-state index < -0.39 is 6.04 Å². The number of fused-ring (bicyclic) bond motifs is 3. The molecule has 0 spiro atoms. The number of nitrogens with one attached hydrogen (secondary N) is 1. The lowest BCUT2D eigenvalue weighted by molar-refractivity contribution is -0.118. The number of anilines is 1. The van der Waals surface area contributed by atoms with Crippen LogP contribution in [0.3, 0.4) is 0 Å². The number of thiophene rings is 1. The van der Waals surface area contributed by atoms with E-state index in [4.69, 9.17) is 11.6 Å². The van der Waals surface area contributed by atoms with Crippen molar-refractivity contribution >= 4 is 44.7 Å². The molecular formula is C20H20ClN3O2S. The summed E-state index contributed by atoms with van der Waals surface area (Å²) in [5, 5.41) is 4.15. The van der Waals surface area contributed by atoms with Gasteiger partial charge in [0.2, 0.25) is 5.91 Å². The van der Waals surface area contributed by atoms with Crippen molar-refractivity contribution in [2.45, 2.75) is 45.6 Å². The average Bonchev–Trinajstić information content (AvgIpc) is 3.04. The number of aryl methyl sites for hydroxylation is 2. The van der Waals surface area contributed by atoms with E-state index in [1.165, 1.54) is 15.8 Å². The van der Waals surface area contributed by atoms with Crippen molar-refractivity contribution in [1.29, 1.82) is 0 Å². The summed E-state index contributed by atoms with van der Waals surface area (Å²) in [6.45, 7) is 3.56. The molecular weight excluding hydrogens is 382 g/mol. The van der Waals surface area contributed by atoms with Gasteiger partial charge in [-0.05, 0) is 62.8 Å². The predicted molar refractivity (Wildman–Crippen MR) is 110 cm³/mol. The van der Waals surface area contributed by atoms with Crippen LogP contribution in [-0.4, -0.2) is 15.5 Å². The van der Waals surface area contributed by atoms with Crippen LogP contribution in [0.1, 0.15) is 41.8 Å². The third-order valence-corrected chi connectivity index (χ3v) is 6.83. The predicted octanol–water partition coefficient (Wildman–Crippen LogP) is 4.50. The summed E-state index contributed by atoms with van der Waals surface area (Å²) >= 11 is 7.73. The second kappa shape index (κ2) is 7.09. The van der Waals surface area contributed by atoms with Gasteiger partial charge in [0.05, 0.1) is 11.7 Å². The van der Waals surface area contributed by atoms with Crippen LogP contribution in [-0.2, 0) is 17.6 Å². The molecule has 2 aromatic heterocycles. The fourth-order valence-electron chi connectivity index (χ4n) is 3.54. The Kier molecular flexibility index (Phi) is 4.78. The van der Waals surface area contributed by atoms with Gasteiger partial charge in [0.15, 0.2) is 0 Å². The van der Waals surface area contributed by atoms with E-state index in [9.17, 15) is 9.59 Å². The maximum Gasteiger partial charge on any atom is 0.263 e. The molecule has 27 heavy (non-hydrogen) atoms. The van der Waals surface area contributed by atoms with Gasteiger partial charge < -0.3 is 5.32 Å². The second-order valence-electron chi connectivity index (χ2n) is 6.93. The molecule has 0 radical (unpaired) electrons. The molecule has 1 amide bonds. The van der Waals surface area contributed by atoms with E-state index in [0.29, 0.717) is 16.1 Å². The third kappa shape index (κ3) is 3.17. The first kappa shape index (κ1) is 18.2. The maximum atomic E-state index is 13.1. The van der Waals surface area contributed by atoms with Gasteiger partial charge in [-0.3, -0.25) is 14.2 Å². The summed E-state index contributed by atoms with van der Waals surface area (Å²) in [6.07, 6.45) is 5.67. The lowest BCUT2D eigenvalue weighted by atomic mass is 9.97. The lowest BCUT2D eigenvalue weighted by Crippen LogP contribution is -2.32. The molecule has 2 heterocycles. The lowest BCUT2D eigenvalue weighted by Gasteiger charge is -2.16. The van der Waals surface area contributed by atoms with Crippen LogP contribution < -0.4 is 10.9 Å². The molecule has 1 aliphatic carbocycles. The van der Waals surface area contributed by atoms with E-state index >= 15 is 0 Å². The van der Waals surface area contributed by atoms with E-state index in [0.717, 1.165) is 41.6 Å². The van der Waals surface area contributed by atoms with Crippen molar-refractivity contribution in [3.8, 4) is 0 Å². The largest absolute Gasteiger partial charge is 0.324 e. The minimum absolute atomic E-state index is 0.134. The first-order valence-electron chi connectivity index (χ1n) is 9.04. The molecule has 4 rings (SSSR count). The number of rotatable bonds is 3. The van der Waals surface area contributed by atoms with Crippen molar-refractivity contribution in [2.75, 3.05) is 5.32 Å². The Bertz CT molecular complexity index is 1100. The van der Waals surface area contributed by atoms with E-state index in [1.807, 2.05) is 6.92 Å². The number of hydrogen-bond acceptors (Lipinski definition) is 4. The number of carbonyl (C=O) groups is 1. The Morgan fingerprint density at radius 3 is 2.93 bits per heavy atom. The summed E-state index contributed by atoms with van der Waals surface area (Å²) in [5.74, 6) is -0.271. The number of nitrogens with zero attached hydrogens (tertiary/aromatic N) is 2. The quantitative estimate of drug-likeness (QED) is 0.702. The summed E-state index contributed by atoms with van der Waals surface area (Å²) in [5.41, 5.74) is 2.44. The SMILES string of the molecule is Cc1c(Cl)cccc1NC(=O)[C@@H](C)n1cnc2sc3c(c2c1=O)CCCC3. The van der Waals surface area contributed by atoms with Gasteiger partial charge in [0.25, 0.3) is 5.56 Å². The minimum Gasteiger partial charge on any atom is -0.324 e. The van der Waals surface area contributed by atoms with Gasteiger partial charge in [-0.2, -0.15) is 0 Å². The van der Waals surface area contributed by atoms with Crippen LogP contribution >= 0.6 is 22.9 Å². The van der Waals surface area contributed by atoms with Crippen LogP contribution in [0, 0.1) is 6.92 Å². The van der Waals surface area contributed by atoms with Crippen LogP contribution in [0.2, 0.25) is 5.02 Å². The topological polar surface area (TPSA) is 64.0 Å². The summed E-state index contributed by atoms with van der Waals surface area (Å²) in [6, 6.07) is 4.68. The molecule has 1 aromatic carbocycles. The van der Waals surface area contributed by atoms with Crippen molar-refractivity contribution in [3.63, 3.8) is 0 Å². The number of halogens is 1. The zero-order valence-corrected chi connectivity index (χ0v) is 16.8. The van der Waals surface area contributed by atoms with Crippen LogP contribution in [0.15, 0.2) is 29.3 Å². The molecule has 1 N–H and O–H groups in total. The summed E-state index contributed by atoms with van der Waals surface area (Å²) in [7, 11) is 0. The highest BCUT2D eigenvalue weighted by molar-refractivity contribution is 7.18. The molecule has 7 heteroatoms.